The Hall–Kier alpha value is -2.53. The van der Waals surface area contributed by atoms with E-state index in [0.717, 1.165) is 17.0 Å². The normalized spacial score (nSPS) is 16.2. The third-order valence-electron chi connectivity index (χ3n) is 4.36. The highest BCUT2D eigenvalue weighted by Crippen LogP contribution is 2.36. The summed E-state index contributed by atoms with van der Waals surface area (Å²) in [5.74, 6) is 1.55. The number of carbonyl (C=O) groups is 1. The summed E-state index contributed by atoms with van der Waals surface area (Å²) < 4.78 is 10.8. The number of ether oxygens (including phenoxy) is 2. The fraction of sp³-hybridized carbons (Fsp3) is 0.350. The summed E-state index contributed by atoms with van der Waals surface area (Å²) >= 11 is 0. The highest BCUT2D eigenvalue weighted by molar-refractivity contribution is 5.94. The Kier molecular flexibility index (Phi) is 5.56. The molecule has 2 aromatic rings. The van der Waals surface area contributed by atoms with Gasteiger partial charge in [0.1, 0.15) is 11.5 Å². The van der Waals surface area contributed by atoms with Gasteiger partial charge in [-0.1, -0.05) is 18.2 Å². The first-order valence-corrected chi connectivity index (χ1v) is 8.53. The van der Waals surface area contributed by atoms with E-state index in [-0.39, 0.29) is 5.91 Å². The van der Waals surface area contributed by atoms with Crippen LogP contribution < -0.4 is 14.4 Å². The molecule has 1 heterocycles. The maximum Gasteiger partial charge on any atom is 0.227 e. The molecule has 1 aliphatic rings. The lowest BCUT2D eigenvalue weighted by Crippen LogP contribution is -2.36. The Balaban J connectivity index is 1.58. The summed E-state index contributed by atoms with van der Waals surface area (Å²) in [5.41, 5.74) is 1.52. The molecule has 5 nitrogen and oxygen atoms in total. The fourth-order valence-corrected chi connectivity index (χ4v) is 3.02. The van der Waals surface area contributed by atoms with Gasteiger partial charge >= 0.3 is 0 Å². The maximum absolute atomic E-state index is 12.6. The highest BCUT2D eigenvalue weighted by Gasteiger charge is 2.27. The second-order valence-corrected chi connectivity index (χ2v) is 6.04. The van der Waals surface area contributed by atoms with Crippen LogP contribution in [0.3, 0.4) is 0 Å². The summed E-state index contributed by atoms with van der Waals surface area (Å²) in [6, 6.07) is 15.0. The van der Waals surface area contributed by atoms with Crippen LogP contribution in [-0.2, 0) is 4.79 Å². The van der Waals surface area contributed by atoms with Crippen LogP contribution in [0.1, 0.15) is 30.9 Å². The van der Waals surface area contributed by atoms with E-state index < -0.39 is 6.10 Å². The number of nitrogens with zero attached hydrogens (tertiary/aromatic N) is 1. The zero-order valence-corrected chi connectivity index (χ0v) is 14.4. The molecule has 0 bridgehead atoms. The molecule has 2 aromatic carbocycles. The first kappa shape index (κ1) is 17.3. The molecule has 0 saturated carbocycles. The van der Waals surface area contributed by atoms with E-state index in [4.69, 9.17) is 9.47 Å². The Bertz CT molecular complexity index is 717. The Morgan fingerprint density at radius 2 is 2.00 bits per heavy atom. The molecule has 0 spiro atoms. The van der Waals surface area contributed by atoms with Crippen molar-refractivity contribution in [2.75, 3.05) is 25.2 Å². The lowest BCUT2D eigenvalue weighted by molar-refractivity contribution is -0.119. The Morgan fingerprint density at radius 3 is 2.76 bits per heavy atom. The first-order valence-electron chi connectivity index (χ1n) is 8.53. The molecular formula is C20H23NO4. The van der Waals surface area contributed by atoms with Crippen LogP contribution in [0.15, 0.2) is 48.5 Å². The van der Waals surface area contributed by atoms with E-state index in [9.17, 15) is 9.90 Å². The summed E-state index contributed by atoms with van der Waals surface area (Å²) in [5, 5.41) is 10.2. The van der Waals surface area contributed by atoms with E-state index in [2.05, 4.69) is 0 Å². The number of benzene rings is 2. The molecule has 0 aromatic heterocycles. The molecule has 1 unspecified atom stereocenters. The van der Waals surface area contributed by atoms with Crippen LogP contribution in [0.2, 0.25) is 0 Å². The van der Waals surface area contributed by atoms with Crippen molar-refractivity contribution in [3.8, 4) is 11.5 Å². The number of amides is 1. The van der Waals surface area contributed by atoms with Crippen molar-refractivity contribution in [1.29, 1.82) is 0 Å². The summed E-state index contributed by atoms with van der Waals surface area (Å²) in [7, 11) is 1.59. The first-order chi connectivity index (χ1) is 12.2. The zero-order chi connectivity index (χ0) is 17.6. The maximum atomic E-state index is 12.6. The van der Waals surface area contributed by atoms with E-state index >= 15 is 0 Å². The van der Waals surface area contributed by atoms with E-state index in [1.807, 2.05) is 42.5 Å². The minimum absolute atomic E-state index is 0.0509. The summed E-state index contributed by atoms with van der Waals surface area (Å²) in [6.45, 7) is 1.03. The number of rotatable bonds is 6. The molecule has 0 aliphatic carbocycles. The molecular weight excluding hydrogens is 318 g/mol. The Labute approximate surface area is 147 Å². The number of fused-ring (bicyclic) bond motifs is 1. The van der Waals surface area contributed by atoms with Crippen LogP contribution >= 0.6 is 0 Å². The third kappa shape index (κ3) is 4.12. The second kappa shape index (κ2) is 8.03. The molecule has 0 fully saturated rings. The zero-order valence-electron chi connectivity index (χ0n) is 14.4. The van der Waals surface area contributed by atoms with Crippen molar-refractivity contribution < 1.29 is 19.4 Å². The molecule has 0 saturated heterocycles. The molecule has 1 atom stereocenters. The number of hydrogen-bond donors (Lipinski definition) is 1. The van der Waals surface area contributed by atoms with E-state index in [1.54, 1.807) is 18.1 Å². The van der Waals surface area contributed by atoms with Gasteiger partial charge in [0.05, 0.1) is 19.8 Å². The second-order valence-electron chi connectivity index (χ2n) is 6.04. The van der Waals surface area contributed by atoms with Gasteiger partial charge in [-0.25, -0.2) is 0 Å². The largest absolute Gasteiger partial charge is 0.497 e. The van der Waals surface area contributed by atoms with Gasteiger partial charge in [-0.05, 0) is 43.2 Å². The minimum atomic E-state index is -0.560. The van der Waals surface area contributed by atoms with Gasteiger partial charge in [0.25, 0.3) is 0 Å². The van der Waals surface area contributed by atoms with Crippen molar-refractivity contribution in [2.45, 2.75) is 25.4 Å². The molecule has 5 heteroatoms. The average molecular weight is 341 g/mol. The average Bonchev–Trinajstić information content (AvgIpc) is 2.66. The highest BCUT2D eigenvalue weighted by atomic mass is 16.5. The number of methoxy groups -OCH3 is 1. The van der Waals surface area contributed by atoms with Gasteiger partial charge < -0.3 is 19.5 Å². The van der Waals surface area contributed by atoms with Crippen molar-refractivity contribution in [1.82, 2.24) is 0 Å². The van der Waals surface area contributed by atoms with Crippen LogP contribution in [0.25, 0.3) is 0 Å². The quantitative estimate of drug-likeness (QED) is 0.819. The lowest BCUT2D eigenvalue weighted by atomic mass is 9.98. The summed E-state index contributed by atoms with van der Waals surface area (Å²) in [6.07, 6.45) is 1.04. The van der Waals surface area contributed by atoms with Crippen LogP contribution in [0.4, 0.5) is 5.69 Å². The third-order valence-corrected chi connectivity index (χ3v) is 4.36. The SMILES string of the molecule is COc1ccc2c(c1)C(O)CCN2C(=O)CCCOc1ccccc1. The number of para-hydroxylation sites is 1. The molecule has 0 radical (unpaired) electrons. The van der Waals surface area contributed by atoms with Crippen molar-refractivity contribution in [3.05, 3.63) is 54.1 Å². The molecule has 3 rings (SSSR count). The van der Waals surface area contributed by atoms with Gasteiger partial charge in [-0.3, -0.25) is 4.79 Å². The molecule has 132 valence electrons. The lowest BCUT2D eigenvalue weighted by Gasteiger charge is -2.32. The van der Waals surface area contributed by atoms with Gasteiger partial charge in [-0.15, -0.1) is 0 Å². The smallest absolute Gasteiger partial charge is 0.227 e. The van der Waals surface area contributed by atoms with Gasteiger partial charge in [0.15, 0.2) is 0 Å². The molecule has 25 heavy (non-hydrogen) atoms. The summed E-state index contributed by atoms with van der Waals surface area (Å²) in [4.78, 5) is 14.3. The van der Waals surface area contributed by atoms with Crippen molar-refractivity contribution in [2.24, 2.45) is 0 Å². The standard InChI is InChI=1S/C20H23NO4/c1-24-16-9-10-18-17(14-16)19(22)11-12-21(18)20(23)8-5-13-25-15-6-3-2-4-7-15/h2-4,6-7,9-10,14,19,22H,5,8,11-13H2,1H3. The van der Waals surface area contributed by atoms with E-state index in [1.165, 1.54) is 0 Å². The number of aliphatic hydroxyl groups excluding tert-OH is 1. The Morgan fingerprint density at radius 1 is 1.20 bits per heavy atom. The fourth-order valence-electron chi connectivity index (χ4n) is 3.02. The monoisotopic (exact) mass is 341 g/mol. The number of anilines is 1. The van der Waals surface area contributed by atoms with Crippen LogP contribution in [0.5, 0.6) is 11.5 Å². The minimum Gasteiger partial charge on any atom is -0.497 e. The van der Waals surface area contributed by atoms with Gasteiger partial charge in [-0.2, -0.15) is 0 Å². The van der Waals surface area contributed by atoms with Gasteiger partial charge in [0.2, 0.25) is 5.91 Å². The number of hydrogen-bond acceptors (Lipinski definition) is 4. The van der Waals surface area contributed by atoms with Crippen LogP contribution in [0, 0.1) is 0 Å². The molecule has 1 aliphatic heterocycles. The van der Waals surface area contributed by atoms with E-state index in [0.29, 0.717) is 38.2 Å². The van der Waals surface area contributed by atoms with Crippen molar-refractivity contribution >= 4 is 11.6 Å². The molecule has 1 N–H and O–H groups in total. The molecule has 1 amide bonds. The number of carbonyl (C=O) groups excluding carboxylic acids is 1. The van der Waals surface area contributed by atoms with Crippen molar-refractivity contribution in [3.63, 3.8) is 0 Å². The number of aliphatic hydroxyl groups is 1. The van der Waals surface area contributed by atoms with Crippen LogP contribution in [-0.4, -0.2) is 31.3 Å². The topological polar surface area (TPSA) is 59.0 Å². The predicted molar refractivity (Wildman–Crippen MR) is 96.1 cm³/mol. The van der Waals surface area contributed by atoms with Gasteiger partial charge in [0, 0.05) is 24.2 Å². The predicted octanol–water partition coefficient (Wildman–Crippen LogP) is 3.32.